The molecule has 0 fully saturated rings. The summed E-state index contributed by atoms with van der Waals surface area (Å²) >= 11 is 2.21. The Labute approximate surface area is 118 Å². The second-order valence-corrected chi connectivity index (χ2v) is 4.48. The van der Waals surface area contributed by atoms with Gasteiger partial charge in [-0.3, -0.25) is 0 Å². The number of hydrogen-bond donors (Lipinski definition) is 1. The quantitative estimate of drug-likeness (QED) is 0.847. The summed E-state index contributed by atoms with van der Waals surface area (Å²) in [5.41, 5.74) is 0. The number of hydrogen-bond acceptors (Lipinski definition) is 6. The van der Waals surface area contributed by atoms with E-state index in [4.69, 9.17) is 9.47 Å². The van der Waals surface area contributed by atoms with Gasteiger partial charge in [-0.2, -0.15) is 9.97 Å². The number of aromatic nitrogens is 3. The van der Waals surface area contributed by atoms with Crippen LogP contribution in [0.4, 0.5) is 5.95 Å². The molecule has 0 saturated heterocycles. The average Bonchev–Trinajstić information content (AvgIpc) is 2.38. The largest absolute Gasteiger partial charge is 0.467 e. The smallest absolute Gasteiger partial charge is 0.330 e. The molecule has 1 heterocycles. The Bertz CT molecular complexity index is 528. The van der Waals surface area contributed by atoms with Gasteiger partial charge < -0.3 is 14.8 Å². The lowest BCUT2D eigenvalue weighted by molar-refractivity contribution is 0.360. The summed E-state index contributed by atoms with van der Waals surface area (Å²) in [6.07, 6.45) is 0. The summed E-state index contributed by atoms with van der Waals surface area (Å²) < 4.78 is 11.6. The van der Waals surface area contributed by atoms with E-state index in [1.54, 1.807) is 7.05 Å². The third-order valence-corrected chi connectivity index (χ3v) is 2.68. The molecule has 1 aromatic carbocycles. The maximum Gasteiger partial charge on any atom is 0.330 e. The number of nitrogens with zero attached hydrogens (tertiary/aromatic N) is 3. The van der Waals surface area contributed by atoms with Crippen LogP contribution < -0.4 is 14.8 Å². The minimum absolute atomic E-state index is 0.188. The Morgan fingerprint density at radius 2 is 1.94 bits per heavy atom. The van der Waals surface area contributed by atoms with E-state index in [1.165, 1.54) is 7.11 Å². The first-order valence-electron chi connectivity index (χ1n) is 5.12. The van der Waals surface area contributed by atoms with Crippen molar-refractivity contribution in [1.29, 1.82) is 0 Å². The van der Waals surface area contributed by atoms with Crippen LogP contribution in [0.2, 0.25) is 0 Å². The van der Waals surface area contributed by atoms with E-state index in [0.717, 1.165) is 3.57 Å². The third kappa shape index (κ3) is 3.19. The molecule has 2 rings (SSSR count). The van der Waals surface area contributed by atoms with Crippen molar-refractivity contribution in [1.82, 2.24) is 15.0 Å². The summed E-state index contributed by atoms with van der Waals surface area (Å²) in [6, 6.07) is 7.98. The molecule has 2 aromatic rings. The van der Waals surface area contributed by atoms with Crippen LogP contribution >= 0.6 is 22.6 Å². The molecule has 0 spiro atoms. The number of benzene rings is 1. The lowest BCUT2D eigenvalue weighted by Crippen LogP contribution is -2.03. The molecule has 0 amide bonds. The fourth-order valence-electron chi connectivity index (χ4n) is 1.22. The zero-order chi connectivity index (χ0) is 13.0. The molecule has 0 radical (unpaired) electrons. The molecular weight excluding hydrogens is 347 g/mol. The number of methoxy groups -OCH3 is 1. The first-order valence-corrected chi connectivity index (χ1v) is 6.20. The van der Waals surface area contributed by atoms with Crippen molar-refractivity contribution in [3.8, 4) is 17.8 Å². The summed E-state index contributed by atoms with van der Waals surface area (Å²) in [6.45, 7) is 0. The first-order chi connectivity index (χ1) is 8.71. The van der Waals surface area contributed by atoms with E-state index in [-0.39, 0.29) is 12.0 Å². The average molecular weight is 358 g/mol. The predicted molar refractivity (Wildman–Crippen MR) is 75.2 cm³/mol. The van der Waals surface area contributed by atoms with E-state index in [1.807, 2.05) is 24.3 Å². The highest BCUT2D eigenvalue weighted by molar-refractivity contribution is 14.1. The summed E-state index contributed by atoms with van der Waals surface area (Å²) in [4.78, 5) is 12.1. The minimum atomic E-state index is 0.188. The van der Waals surface area contributed by atoms with Crippen molar-refractivity contribution in [2.45, 2.75) is 0 Å². The fraction of sp³-hybridized carbons (Fsp3) is 0.182. The van der Waals surface area contributed by atoms with Crippen molar-refractivity contribution in [3.05, 3.63) is 27.8 Å². The van der Waals surface area contributed by atoms with Gasteiger partial charge >= 0.3 is 12.0 Å². The number of anilines is 1. The van der Waals surface area contributed by atoms with E-state index < -0.39 is 0 Å². The van der Waals surface area contributed by atoms with Gasteiger partial charge in [-0.05, 0) is 40.8 Å². The Morgan fingerprint density at radius 1 is 1.17 bits per heavy atom. The van der Waals surface area contributed by atoms with Gasteiger partial charge in [-0.15, -0.1) is 4.98 Å². The van der Waals surface area contributed by atoms with Crippen LogP contribution in [0, 0.1) is 3.57 Å². The second kappa shape index (κ2) is 5.80. The molecule has 0 bridgehead atoms. The molecule has 18 heavy (non-hydrogen) atoms. The summed E-state index contributed by atoms with van der Waals surface area (Å²) in [7, 11) is 3.20. The van der Waals surface area contributed by atoms with Crippen LogP contribution in [0.25, 0.3) is 0 Å². The predicted octanol–water partition coefficient (Wildman–Crippen LogP) is 2.32. The molecule has 7 heteroatoms. The lowest BCUT2D eigenvalue weighted by atomic mass is 10.3. The Morgan fingerprint density at radius 3 is 2.61 bits per heavy atom. The third-order valence-electron chi connectivity index (χ3n) is 2.01. The van der Waals surface area contributed by atoms with Crippen molar-refractivity contribution < 1.29 is 9.47 Å². The Hall–Kier alpha value is -1.64. The van der Waals surface area contributed by atoms with Crippen LogP contribution in [0.15, 0.2) is 24.3 Å². The molecule has 0 saturated carbocycles. The molecule has 0 atom stereocenters. The van der Waals surface area contributed by atoms with Gasteiger partial charge in [0.05, 0.1) is 7.11 Å². The van der Waals surface area contributed by atoms with Gasteiger partial charge in [0.1, 0.15) is 5.75 Å². The fourth-order valence-corrected chi connectivity index (χ4v) is 1.74. The van der Waals surface area contributed by atoms with Crippen LogP contribution in [0.1, 0.15) is 0 Å². The van der Waals surface area contributed by atoms with Crippen molar-refractivity contribution >= 4 is 28.5 Å². The maximum absolute atomic E-state index is 5.56. The molecule has 6 nitrogen and oxygen atoms in total. The van der Waals surface area contributed by atoms with Gasteiger partial charge in [-0.25, -0.2) is 0 Å². The number of rotatable bonds is 4. The topological polar surface area (TPSA) is 69.2 Å². The zero-order valence-corrected chi connectivity index (χ0v) is 12.0. The van der Waals surface area contributed by atoms with E-state index in [9.17, 15) is 0 Å². The molecule has 0 aliphatic rings. The van der Waals surface area contributed by atoms with Crippen LogP contribution in [-0.4, -0.2) is 29.1 Å². The Kier molecular flexibility index (Phi) is 4.13. The number of halogens is 1. The monoisotopic (exact) mass is 358 g/mol. The van der Waals surface area contributed by atoms with Gasteiger partial charge in [0.25, 0.3) is 0 Å². The molecule has 94 valence electrons. The van der Waals surface area contributed by atoms with E-state index in [2.05, 4.69) is 42.9 Å². The summed E-state index contributed by atoms with van der Waals surface area (Å²) in [5, 5.41) is 2.82. The molecule has 1 aromatic heterocycles. The SMILES string of the molecule is CNc1nc(OC)nc(Oc2cccc(I)c2)n1. The van der Waals surface area contributed by atoms with E-state index >= 15 is 0 Å². The molecule has 0 aliphatic heterocycles. The Balaban J connectivity index is 2.28. The van der Waals surface area contributed by atoms with Crippen LogP contribution in [-0.2, 0) is 0 Å². The number of nitrogens with one attached hydrogen (secondary N) is 1. The van der Waals surface area contributed by atoms with Gasteiger partial charge in [0.2, 0.25) is 5.95 Å². The van der Waals surface area contributed by atoms with Crippen molar-refractivity contribution in [2.75, 3.05) is 19.5 Å². The van der Waals surface area contributed by atoms with Crippen molar-refractivity contribution in [3.63, 3.8) is 0 Å². The maximum atomic E-state index is 5.56. The standard InChI is InChI=1S/C11H11IN4O2/c1-13-9-14-10(17-2)16-11(15-9)18-8-5-3-4-7(12)6-8/h3-6H,1-2H3,(H,13,14,15,16). The highest BCUT2D eigenvalue weighted by Crippen LogP contribution is 2.21. The van der Waals surface area contributed by atoms with Gasteiger partial charge in [0, 0.05) is 10.6 Å². The summed E-state index contributed by atoms with van der Waals surface area (Å²) in [5.74, 6) is 1.06. The minimum Gasteiger partial charge on any atom is -0.467 e. The molecule has 1 N–H and O–H groups in total. The van der Waals surface area contributed by atoms with Gasteiger partial charge in [-0.1, -0.05) is 6.07 Å². The molecule has 0 aliphatic carbocycles. The highest BCUT2D eigenvalue weighted by Gasteiger charge is 2.07. The normalized spacial score (nSPS) is 9.94. The molecular formula is C11H11IN4O2. The zero-order valence-electron chi connectivity index (χ0n) is 9.85. The lowest BCUT2D eigenvalue weighted by Gasteiger charge is -2.06. The highest BCUT2D eigenvalue weighted by atomic mass is 127. The first kappa shape index (κ1) is 12.8. The van der Waals surface area contributed by atoms with E-state index in [0.29, 0.717) is 11.7 Å². The number of ether oxygens (including phenoxy) is 2. The van der Waals surface area contributed by atoms with Crippen LogP contribution in [0.3, 0.4) is 0 Å². The molecule has 0 unspecified atom stereocenters. The van der Waals surface area contributed by atoms with Crippen molar-refractivity contribution in [2.24, 2.45) is 0 Å². The van der Waals surface area contributed by atoms with Crippen LogP contribution in [0.5, 0.6) is 17.8 Å². The van der Waals surface area contributed by atoms with Gasteiger partial charge in [0.15, 0.2) is 0 Å². The second-order valence-electron chi connectivity index (χ2n) is 3.24.